The van der Waals surface area contributed by atoms with Crippen LogP contribution in [0.25, 0.3) is 0 Å². The highest BCUT2D eigenvalue weighted by molar-refractivity contribution is 5.83. The minimum Gasteiger partial charge on any atom is -0.469 e. The summed E-state index contributed by atoms with van der Waals surface area (Å²) in [6.07, 6.45) is 6.61. The van der Waals surface area contributed by atoms with E-state index in [2.05, 4.69) is 6.58 Å². The van der Waals surface area contributed by atoms with Crippen LogP contribution in [0.5, 0.6) is 0 Å². The number of methoxy groups -OCH3 is 1. The van der Waals surface area contributed by atoms with Gasteiger partial charge >= 0.3 is 11.9 Å². The van der Waals surface area contributed by atoms with Gasteiger partial charge in [-0.15, -0.1) is 0 Å². The number of cyclic esters (lactones) is 1. The highest BCUT2D eigenvalue weighted by atomic mass is 16.5. The molecule has 0 unspecified atom stereocenters. The van der Waals surface area contributed by atoms with Gasteiger partial charge in [-0.3, -0.25) is 9.59 Å². The van der Waals surface area contributed by atoms with Crippen LogP contribution in [0.2, 0.25) is 0 Å². The van der Waals surface area contributed by atoms with Crippen LogP contribution in [0.1, 0.15) is 51.9 Å². The molecular weight excluding hydrogens is 332 g/mol. The standard InChI is InChI=1S/C21H28O5/c1-13-9-21-10-14(13)5-6-15(21)20(12-26-18(21)24)8-4-7-19(2,16(20)11-22)17(23)25-3/h11,14-16H,1,4-10,12H2,2-3H3/t14-,15+,16-,19-,20-,21+/m1/s1. The lowest BCUT2D eigenvalue weighted by Crippen LogP contribution is -2.63. The van der Waals surface area contributed by atoms with E-state index in [4.69, 9.17) is 9.47 Å². The summed E-state index contributed by atoms with van der Waals surface area (Å²) in [5.74, 6) is -0.474. The number of carbonyl (C=O) groups excluding carboxylic acids is 3. The molecule has 3 saturated carbocycles. The van der Waals surface area contributed by atoms with Crippen LogP contribution in [0.3, 0.4) is 0 Å². The van der Waals surface area contributed by atoms with Crippen LogP contribution in [0, 0.1) is 34.0 Å². The van der Waals surface area contributed by atoms with Crippen molar-refractivity contribution in [2.24, 2.45) is 34.0 Å². The fraction of sp³-hybridized carbons (Fsp3) is 0.762. The zero-order chi connectivity index (χ0) is 18.7. The summed E-state index contributed by atoms with van der Waals surface area (Å²) < 4.78 is 10.8. The minimum atomic E-state index is -0.855. The van der Waals surface area contributed by atoms with Gasteiger partial charge in [-0.2, -0.15) is 0 Å². The molecule has 26 heavy (non-hydrogen) atoms. The lowest BCUT2D eigenvalue weighted by molar-refractivity contribution is -0.215. The van der Waals surface area contributed by atoms with Crippen molar-refractivity contribution in [3.8, 4) is 0 Å². The Morgan fingerprint density at radius 1 is 1.35 bits per heavy atom. The second-order valence-corrected chi connectivity index (χ2v) is 9.21. The predicted octanol–water partition coefficient (Wildman–Crippen LogP) is 3.07. The van der Waals surface area contributed by atoms with E-state index in [1.54, 1.807) is 0 Å². The van der Waals surface area contributed by atoms with Crippen molar-refractivity contribution in [2.45, 2.75) is 51.9 Å². The van der Waals surface area contributed by atoms with Gasteiger partial charge in [-0.1, -0.05) is 18.6 Å². The van der Waals surface area contributed by atoms with E-state index in [0.29, 0.717) is 18.8 Å². The first-order valence-electron chi connectivity index (χ1n) is 9.73. The van der Waals surface area contributed by atoms with Gasteiger partial charge in [0, 0.05) is 11.3 Å². The molecule has 3 aliphatic carbocycles. The van der Waals surface area contributed by atoms with Gasteiger partial charge in [0.25, 0.3) is 0 Å². The molecule has 1 saturated heterocycles. The molecule has 2 spiro atoms. The first-order valence-corrected chi connectivity index (χ1v) is 9.73. The van der Waals surface area contributed by atoms with E-state index in [0.717, 1.165) is 44.0 Å². The maximum Gasteiger partial charge on any atom is 0.312 e. The number of allylic oxidation sites excluding steroid dienone is 1. The molecular formula is C21H28O5. The van der Waals surface area contributed by atoms with E-state index < -0.39 is 22.2 Å². The molecule has 5 nitrogen and oxygen atoms in total. The Kier molecular flexibility index (Phi) is 3.87. The molecule has 0 aromatic carbocycles. The molecule has 0 aromatic rings. The minimum absolute atomic E-state index is 0.0752. The molecule has 1 heterocycles. The van der Waals surface area contributed by atoms with Gasteiger partial charge < -0.3 is 14.3 Å². The molecule has 142 valence electrons. The Labute approximate surface area is 154 Å². The lowest BCUT2D eigenvalue weighted by Gasteiger charge is -2.60. The number of aldehydes is 1. The zero-order valence-electron chi connectivity index (χ0n) is 15.7. The van der Waals surface area contributed by atoms with E-state index in [1.807, 2.05) is 6.92 Å². The van der Waals surface area contributed by atoms with Gasteiger partial charge in [0.2, 0.25) is 0 Å². The summed E-state index contributed by atoms with van der Waals surface area (Å²) in [6, 6.07) is 0. The number of hydrogen-bond acceptors (Lipinski definition) is 5. The fourth-order valence-electron chi connectivity index (χ4n) is 7.03. The van der Waals surface area contributed by atoms with Crippen molar-refractivity contribution in [1.29, 1.82) is 0 Å². The monoisotopic (exact) mass is 360 g/mol. The zero-order valence-corrected chi connectivity index (χ0v) is 15.7. The molecule has 0 amide bonds. The Balaban J connectivity index is 1.82. The molecule has 6 atom stereocenters. The van der Waals surface area contributed by atoms with Crippen molar-refractivity contribution < 1.29 is 23.9 Å². The third-order valence-corrected chi connectivity index (χ3v) is 8.21. The molecule has 4 rings (SSSR count). The highest BCUT2D eigenvalue weighted by Gasteiger charge is 2.69. The molecule has 0 N–H and O–H groups in total. The van der Waals surface area contributed by atoms with Crippen molar-refractivity contribution in [1.82, 2.24) is 0 Å². The van der Waals surface area contributed by atoms with E-state index in [9.17, 15) is 14.4 Å². The number of fused-ring (bicyclic) bond motifs is 2. The fourth-order valence-corrected chi connectivity index (χ4v) is 7.03. The topological polar surface area (TPSA) is 69.7 Å². The van der Waals surface area contributed by atoms with Gasteiger partial charge in [-0.25, -0.2) is 0 Å². The summed E-state index contributed by atoms with van der Waals surface area (Å²) in [5, 5.41) is 0. The third kappa shape index (κ3) is 2.00. The Morgan fingerprint density at radius 2 is 2.12 bits per heavy atom. The van der Waals surface area contributed by atoms with Crippen LogP contribution < -0.4 is 0 Å². The summed E-state index contributed by atoms with van der Waals surface area (Å²) in [6.45, 7) is 6.30. The lowest BCUT2D eigenvalue weighted by atomic mass is 9.45. The number of esters is 2. The summed E-state index contributed by atoms with van der Waals surface area (Å²) in [4.78, 5) is 37.8. The van der Waals surface area contributed by atoms with Crippen LogP contribution in [-0.4, -0.2) is 31.9 Å². The number of ether oxygens (including phenoxy) is 2. The summed E-state index contributed by atoms with van der Waals surface area (Å²) in [5.41, 5.74) is -0.720. The van der Waals surface area contributed by atoms with Crippen molar-refractivity contribution in [3.63, 3.8) is 0 Å². The quantitative estimate of drug-likeness (QED) is 0.430. The molecule has 0 aromatic heterocycles. The Hall–Kier alpha value is -1.65. The largest absolute Gasteiger partial charge is 0.469 e. The van der Waals surface area contributed by atoms with Crippen LogP contribution in [0.4, 0.5) is 0 Å². The first-order chi connectivity index (χ1) is 12.3. The number of rotatable bonds is 2. The average Bonchev–Trinajstić information content (AvgIpc) is 2.88. The molecule has 1 aliphatic heterocycles. The average molecular weight is 360 g/mol. The van der Waals surface area contributed by atoms with Gasteiger partial charge in [0.05, 0.1) is 24.5 Å². The van der Waals surface area contributed by atoms with Crippen LogP contribution >= 0.6 is 0 Å². The second kappa shape index (κ2) is 5.67. The summed E-state index contributed by atoms with van der Waals surface area (Å²) in [7, 11) is 1.38. The van der Waals surface area contributed by atoms with Crippen LogP contribution in [0.15, 0.2) is 12.2 Å². The highest BCUT2D eigenvalue weighted by Crippen LogP contribution is 2.68. The van der Waals surface area contributed by atoms with Crippen molar-refractivity contribution in [3.05, 3.63) is 12.2 Å². The summed E-state index contributed by atoms with van der Waals surface area (Å²) >= 11 is 0. The smallest absolute Gasteiger partial charge is 0.312 e. The van der Waals surface area contributed by atoms with Gasteiger partial charge in [0.15, 0.2) is 0 Å². The second-order valence-electron chi connectivity index (χ2n) is 9.21. The first kappa shape index (κ1) is 17.7. The van der Waals surface area contributed by atoms with E-state index in [-0.39, 0.29) is 24.5 Å². The Bertz CT molecular complexity index is 684. The third-order valence-electron chi connectivity index (χ3n) is 8.21. The molecule has 4 aliphatic rings. The number of carbonyl (C=O) groups is 3. The molecule has 5 heteroatoms. The predicted molar refractivity (Wildman–Crippen MR) is 93.9 cm³/mol. The maximum absolute atomic E-state index is 12.9. The number of hydrogen-bond donors (Lipinski definition) is 0. The normalized spacial score (nSPS) is 47.2. The molecule has 4 fully saturated rings. The maximum atomic E-state index is 12.9. The van der Waals surface area contributed by atoms with Gasteiger partial charge in [-0.05, 0) is 57.3 Å². The van der Waals surface area contributed by atoms with Crippen molar-refractivity contribution in [2.75, 3.05) is 13.7 Å². The van der Waals surface area contributed by atoms with Gasteiger partial charge in [0.1, 0.15) is 6.29 Å². The SMILES string of the molecule is C=C1C[C@]23C[C@H]1CC[C@H]2[C@@]1(CCC[C@@](C)(C(=O)OC)[C@H]1C=O)COC3=O. The van der Waals surface area contributed by atoms with E-state index in [1.165, 1.54) is 7.11 Å². The van der Waals surface area contributed by atoms with E-state index >= 15 is 0 Å². The molecule has 0 radical (unpaired) electrons. The molecule has 2 bridgehead atoms. The van der Waals surface area contributed by atoms with Crippen LogP contribution in [-0.2, 0) is 23.9 Å². The Morgan fingerprint density at radius 3 is 2.81 bits per heavy atom. The van der Waals surface area contributed by atoms with Crippen molar-refractivity contribution >= 4 is 18.2 Å².